The Morgan fingerprint density at radius 2 is 1.97 bits per heavy atom. The van der Waals surface area contributed by atoms with Crippen molar-refractivity contribution in [1.82, 2.24) is 9.78 Å². The number of benzene rings is 1. The Morgan fingerprint density at radius 1 is 1.28 bits per heavy atom. The number of nitrogens with one attached hydrogen (secondary N) is 1. The van der Waals surface area contributed by atoms with Crippen molar-refractivity contribution in [3.8, 4) is 11.3 Å². The highest BCUT2D eigenvalue weighted by Crippen LogP contribution is 2.56. The van der Waals surface area contributed by atoms with Gasteiger partial charge in [-0.1, -0.05) is 24.6 Å². The molecule has 1 heterocycles. The van der Waals surface area contributed by atoms with E-state index in [1.807, 2.05) is 24.3 Å². The predicted octanol–water partition coefficient (Wildman–Crippen LogP) is 5.20. The van der Waals surface area contributed by atoms with Gasteiger partial charge in [0.25, 0.3) is 0 Å². The lowest BCUT2D eigenvalue weighted by Gasteiger charge is -2.43. The summed E-state index contributed by atoms with van der Waals surface area (Å²) in [6.07, 6.45) is 1.14. The van der Waals surface area contributed by atoms with E-state index in [2.05, 4.69) is 10.4 Å². The maximum absolute atomic E-state index is 13.6. The number of anilines is 1. The lowest BCUT2D eigenvalue weighted by atomic mass is 9.74. The summed E-state index contributed by atoms with van der Waals surface area (Å²) in [6.45, 7) is 3.38. The molecule has 0 unspecified atom stereocenters. The zero-order valence-corrected chi connectivity index (χ0v) is 18.3. The van der Waals surface area contributed by atoms with E-state index in [-0.39, 0.29) is 11.7 Å². The number of halogens is 4. The number of nitrogens with zero attached hydrogens (tertiary/aromatic N) is 2. The van der Waals surface area contributed by atoms with Crippen LogP contribution in [0, 0.1) is 5.92 Å². The third-order valence-corrected chi connectivity index (χ3v) is 6.63. The van der Waals surface area contributed by atoms with E-state index < -0.39 is 42.1 Å². The molecule has 2 saturated carbocycles. The molecule has 1 atom stereocenters. The molecule has 0 saturated heterocycles. The van der Waals surface area contributed by atoms with E-state index in [0.717, 1.165) is 41.6 Å². The van der Waals surface area contributed by atoms with Gasteiger partial charge in [0.2, 0.25) is 5.91 Å². The van der Waals surface area contributed by atoms with E-state index in [0.29, 0.717) is 0 Å². The Bertz CT molecular complexity index is 1040. The fourth-order valence-corrected chi connectivity index (χ4v) is 4.45. The normalized spacial score (nSPS) is 22.2. The van der Waals surface area contributed by atoms with Crippen molar-refractivity contribution in [2.45, 2.75) is 69.3 Å². The lowest BCUT2D eigenvalue weighted by molar-refractivity contribution is -0.313. The molecule has 4 rings (SSSR count). The first-order chi connectivity index (χ1) is 14.8. The highest BCUT2D eigenvalue weighted by Gasteiger charge is 2.71. The summed E-state index contributed by atoms with van der Waals surface area (Å²) in [5.41, 5.74) is 2.07. The van der Waals surface area contributed by atoms with Gasteiger partial charge in [0.05, 0.1) is 11.3 Å². The number of aryl methyl sites for hydroxylation is 1. The minimum Gasteiger partial charge on any atom is -0.386 e. The van der Waals surface area contributed by atoms with Gasteiger partial charge in [-0.15, -0.1) is 0 Å². The summed E-state index contributed by atoms with van der Waals surface area (Å²) in [6, 6.07) is 7.40. The molecule has 174 valence electrons. The van der Waals surface area contributed by atoms with E-state index in [1.54, 1.807) is 25.6 Å². The minimum atomic E-state index is -4.17. The molecular formula is C23H27F4N3O2. The van der Waals surface area contributed by atoms with Gasteiger partial charge in [0.15, 0.2) is 5.82 Å². The van der Waals surface area contributed by atoms with Crippen LogP contribution >= 0.6 is 0 Å². The summed E-state index contributed by atoms with van der Waals surface area (Å²) < 4.78 is 55.1. The Labute approximate surface area is 183 Å². The van der Waals surface area contributed by atoms with Crippen LogP contribution in [-0.4, -0.2) is 32.6 Å². The molecule has 2 aromatic rings. The Balaban J connectivity index is 1.63. The van der Waals surface area contributed by atoms with Crippen molar-refractivity contribution in [2.75, 3.05) is 5.32 Å². The van der Waals surface area contributed by atoms with E-state index in [4.69, 9.17) is 0 Å². The molecule has 1 amide bonds. The maximum Gasteiger partial charge on any atom is 0.313 e. The van der Waals surface area contributed by atoms with Crippen molar-refractivity contribution in [3.63, 3.8) is 0 Å². The number of hydrogen-bond donors (Lipinski definition) is 2. The van der Waals surface area contributed by atoms with Crippen LogP contribution in [-0.2, 0) is 17.4 Å². The number of rotatable bonds is 6. The molecule has 9 heteroatoms. The number of amides is 1. The van der Waals surface area contributed by atoms with Crippen LogP contribution in [0.15, 0.2) is 24.3 Å². The fraction of sp³-hybridized carbons (Fsp3) is 0.565. The van der Waals surface area contributed by atoms with Crippen LogP contribution in [0.1, 0.15) is 63.0 Å². The van der Waals surface area contributed by atoms with Gasteiger partial charge in [0.1, 0.15) is 0 Å². The first-order valence-corrected chi connectivity index (χ1v) is 10.8. The molecular weight excluding hydrogens is 426 g/mol. The third-order valence-electron chi connectivity index (χ3n) is 6.63. The molecule has 2 aliphatic carbocycles. The van der Waals surface area contributed by atoms with Crippen molar-refractivity contribution >= 4 is 11.7 Å². The van der Waals surface area contributed by atoms with Crippen molar-refractivity contribution < 1.29 is 27.5 Å². The van der Waals surface area contributed by atoms with Crippen LogP contribution in [0.2, 0.25) is 0 Å². The van der Waals surface area contributed by atoms with Gasteiger partial charge in [-0.05, 0) is 44.2 Å². The van der Waals surface area contributed by atoms with Gasteiger partial charge in [0, 0.05) is 36.9 Å². The molecule has 0 bridgehead atoms. The number of carbonyl (C=O) groups is 1. The SMILES string of the molecule is Cn1nc(NC(=O)C[C@@H]2CC(F)(F)C2(F)F)c(C2CCC2)c1-c1cccc(C(C)(C)O)c1. The second-order valence-corrected chi connectivity index (χ2v) is 9.48. The van der Waals surface area contributed by atoms with Gasteiger partial charge in [-0.25, -0.2) is 0 Å². The van der Waals surface area contributed by atoms with Crippen molar-refractivity contribution in [1.29, 1.82) is 0 Å². The molecule has 0 spiro atoms. The Hall–Kier alpha value is -2.42. The van der Waals surface area contributed by atoms with Gasteiger partial charge >= 0.3 is 11.8 Å². The number of hydrogen-bond acceptors (Lipinski definition) is 3. The largest absolute Gasteiger partial charge is 0.386 e. The Morgan fingerprint density at radius 3 is 2.50 bits per heavy atom. The van der Waals surface area contributed by atoms with Crippen LogP contribution in [0.3, 0.4) is 0 Å². The summed E-state index contributed by atoms with van der Waals surface area (Å²) >= 11 is 0. The molecule has 32 heavy (non-hydrogen) atoms. The first kappa shape index (κ1) is 22.8. The molecule has 0 radical (unpaired) electrons. The standard InChI is InChI=1S/C23H27F4N3O2/c1-21(2,32)15-9-5-8-14(10-15)19-18(13-6-4-7-13)20(29-30(19)3)28-17(31)11-16-12-22(24,25)23(16,26)27/h5,8-10,13,16,32H,4,6-7,11-12H2,1-3H3,(H,28,29,31)/t16-/m1/s1. The monoisotopic (exact) mass is 453 g/mol. The fourth-order valence-electron chi connectivity index (χ4n) is 4.45. The van der Waals surface area contributed by atoms with Gasteiger partial charge in [-0.2, -0.15) is 22.7 Å². The summed E-state index contributed by atoms with van der Waals surface area (Å²) in [4.78, 5) is 12.5. The second kappa shape index (κ2) is 7.57. The van der Waals surface area contributed by atoms with Crippen molar-refractivity contribution in [3.05, 3.63) is 35.4 Å². The molecule has 2 fully saturated rings. The van der Waals surface area contributed by atoms with Gasteiger partial charge in [-0.3, -0.25) is 9.48 Å². The van der Waals surface area contributed by atoms with E-state index in [9.17, 15) is 27.5 Å². The third kappa shape index (κ3) is 3.80. The topological polar surface area (TPSA) is 67.2 Å². The lowest BCUT2D eigenvalue weighted by Crippen LogP contribution is -2.59. The van der Waals surface area contributed by atoms with Crippen molar-refractivity contribution in [2.24, 2.45) is 13.0 Å². The summed E-state index contributed by atoms with van der Waals surface area (Å²) in [5, 5.41) is 17.4. The number of aliphatic hydroxyl groups is 1. The minimum absolute atomic E-state index is 0.147. The highest BCUT2D eigenvalue weighted by molar-refractivity contribution is 5.92. The molecule has 0 aliphatic heterocycles. The Kier molecular flexibility index (Phi) is 5.39. The molecule has 1 aromatic carbocycles. The van der Waals surface area contributed by atoms with Gasteiger partial charge < -0.3 is 10.4 Å². The maximum atomic E-state index is 13.6. The second-order valence-electron chi connectivity index (χ2n) is 9.48. The van der Waals surface area contributed by atoms with Crippen LogP contribution in [0.4, 0.5) is 23.4 Å². The summed E-state index contributed by atoms with van der Waals surface area (Å²) in [7, 11) is 1.73. The van der Waals surface area contributed by atoms with Crippen LogP contribution < -0.4 is 5.32 Å². The quantitative estimate of drug-likeness (QED) is 0.591. The summed E-state index contributed by atoms with van der Waals surface area (Å²) in [5.74, 6) is -10.2. The number of aromatic nitrogens is 2. The molecule has 5 nitrogen and oxygen atoms in total. The average Bonchev–Trinajstić information content (AvgIpc) is 2.94. The smallest absolute Gasteiger partial charge is 0.313 e. The zero-order valence-electron chi connectivity index (χ0n) is 18.3. The van der Waals surface area contributed by atoms with Crippen LogP contribution in [0.5, 0.6) is 0 Å². The first-order valence-electron chi connectivity index (χ1n) is 10.8. The van der Waals surface area contributed by atoms with E-state index >= 15 is 0 Å². The number of carbonyl (C=O) groups excluding carboxylic acids is 1. The number of alkyl halides is 4. The van der Waals surface area contributed by atoms with E-state index in [1.165, 1.54) is 0 Å². The van der Waals surface area contributed by atoms with Crippen LogP contribution in [0.25, 0.3) is 11.3 Å². The molecule has 2 aliphatic rings. The molecule has 1 aromatic heterocycles. The highest BCUT2D eigenvalue weighted by atomic mass is 19.3. The average molecular weight is 453 g/mol. The molecule has 2 N–H and O–H groups in total. The zero-order chi connectivity index (χ0) is 23.5. The predicted molar refractivity (Wildman–Crippen MR) is 112 cm³/mol.